The van der Waals surface area contributed by atoms with Crippen LogP contribution in [-0.2, 0) is 4.79 Å². The van der Waals surface area contributed by atoms with E-state index >= 15 is 0 Å². The highest BCUT2D eigenvalue weighted by atomic mass is 19.3. The fourth-order valence-corrected chi connectivity index (χ4v) is 2.94. The topological polar surface area (TPSA) is 20.3 Å². The summed E-state index contributed by atoms with van der Waals surface area (Å²) in [4.78, 5) is 13.3. The van der Waals surface area contributed by atoms with Crippen molar-refractivity contribution >= 4 is 11.6 Å². The first-order valence-corrected chi connectivity index (χ1v) is 6.58. The molecule has 1 unspecified atom stereocenters. The summed E-state index contributed by atoms with van der Waals surface area (Å²) in [7, 11) is 0. The molecule has 1 aliphatic carbocycles. The summed E-state index contributed by atoms with van der Waals surface area (Å²) in [6, 6.07) is 5.49. The lowest BCUT2D eigenvalue weighted by molar-refractivity contribution is -0.142. The maximum absolute atomic E-state index is 14.1. The summed E-state index contributed by atoms with van der Waals surface area (Å²) in [5.74, 6) is -5.49. The first kappa shape index (κ1) is 13.0. The van der Waals surface area contributed by atoms with Gasteiger partial charge in [-0.25, -0.2) is 0 Å². The van der Waals surface area contributed by atoms with Crippen molar-refractivity contribution in [1.82, 2.24) is 0 Å². The quantitative estimate of drug-likeness (QED) is 0.764. The third-order valence-corrected chi connectivity index (χ3v) is 3.78. The summed E-state index contributed by atoms with van der Waals surface area (Å²) >= 11 is 0. The molecule has 0 radical (unpaired) electrons. The van der Waals surface area contributed by atoms with Gasteiger partial charge in [0.2, 0.25) is 0 Å². The molecule has 1 amide bonds. The molecular formula is C16H15F2NO. The van der Waals surface area contributed by atoms with E-state index in [2.05, 4.69) is 0 Å². The zero-order valence-corrected chi connectivity index (χ0v) is 11.4. The standard InChI is InChI=1S/C16H15F2NO/c1-10-7-11(2)9-12(8-10)19-14-6-4-3-5-13(14)16(17,18)15(19)20/h3-4,6-9,13H,5H2,1-2H3. The normalized spacial score (nSPS) is 23.8. The van der Waals surface area contributed by atoms with Crippen LogP contribution in [0.15, 0.2) is 42.1 Å². The van der Waals surface area contributed by atoms with Crippen molar-refractivity contribution in [3.63, 3.8) is 0 Å². The van der Waals surface area contributed by atoms with E-state index in [0.29, 0.717) is 11.4 Å². The zero-order valence-electron chi connectivity index (χ0n) is 11.4. The van der Waals surface area contributed by atoms with Crippen LogP contribution in [0, 0.1) is 19.8 Å². The number of benzene rings is 1. The van der Waals surface area contributed by atoms with Crippen LogP contribution >= 0.6 is 0 Å². The highest BCUT2D eigenvalue weighted by Gasteiger charge is 2.59. The molecule has 1 fully saturated rings. The molecule has 1 atom stereocenters. The Morgan fingerprint density at radius 1 is 1.20 bits per heavy atom. The number of rotatable bonds is 1. The van der Waals surface area contributed by atoms with Gasteiger partial charge in [0.05, 0.1) is 5.92 Å². The molecule has 4 heteroatoms. The largest absolute Gasteiger partial charge is 0.333 e. The molecule has 0 saturated carbocycles. The van der Waals surface area contributed by atoms with Crippen LogP contribution in [0.3, 0.4) is 0 Å². The number of carbonyl (C=O) groups excluding carboxylic acids is 1. The minimum absolute atomic E-state index is 0.200. The second-order valence-corrected chi connectivity index (χ2v) is 5.42. The molecule has 2 aliphatic rings. The van der Waals surface area contributed by atoms with Crippen molar-refractivity contribution in [1.29, 1.82) is 0 Å². The van der Waals surface area contributed by atoms with E-state index in [1.807, 2.05) is 19.9 Å². The molecule has 20 heavy (non-hydrogen) atoms. The minimum Gasteiger partial charge on any atom is -0.279 e. The average Bonchev–Trinajstić information content (AvgIpc) is 2.57. The third-order valence-electron chi connectivity index (χ3n) is 3.78. The Morgan fingerprint density at radius 3 is 2.50 bits per heavy atom. The second kappa shape index (κ2) is 4.27. The number of alkyl halides is 2. The SMILES string of the molecule is Cc1cc(C)cc(N2C(=O)C(F)(F)C3CC=CC=C32)c1. The summed E-state index contributed by atoms with van der Waals surface area (Å²) in [5.41, 5.74) is 2.82. The molecule has 1 heterocycles. The third kappa shape index (κ3) is 1.79. The summed E-state index contributed by atoms with van der Waals surface area (Å²) in [6.07, 6.45) is 5.23. The Morgan fingerprint density at radius 2 is 1.85 bits per heavy atom. The number of anilines is 1. The summed E-state index contributed by atoms with van der Waals surface area (Å²) in [6.45, 7) is 3.78. The first-order chi connectivity index (χ1) is 9.41. The van der Waals surface area contributed by atoms with Gasteiger partial charge in [-0.2, -0.15) is 8.78 Å². The molecule has 0 N–H and O–H groups in total. The van der Waals surface area contributed by atoms with Crippen LogP contribution in [0.2, 0.25) is 0 Å². The van der Waals surface area contributed by atoms with E-state index < -0.39 is 17.7 Å². The lowest BCUT2D eigenvalue weighted by atomic mass is 9.94. The Kier molecular flexibility index (Phi) is 2.78. The summed E-state index contributed by atoms with van der Waals surface area (Å²) < 4.78 is 28.3. The molecule has 3 rings (SSSR count). The molecule has 104 valence electrons. The predicted octanol–water partition coefficient (Wildman–Crippen LogP) is 3.75. The number of halogens is 2. The Bertz CT molecular complexity index is 626. The Hall–Kier alpha value is -1.97. The Labute approximate surface area is 116 Å². The monoisotopic (exact) mass is 275 g/mol. The number of fused-ring (bicyclic) bond motifs is 1. The maximum Gasteiger partial charge on any atom is 0.333 e. The van der Waals surface area contributed by atoms with E-state index in [4.69, 9.17) is 0 Å². The highest BCUT2D eigenvalue weighted by Crippen LogP contribution is 2.47. The van der Waals surface area contributed by atoms with E-state index in [9.17, 15) is 13.6 Å². The molecule has 1 aromatic carbocycles. The smallest absolute Gasteiger partial charge is 0.279 e. The number of allylic oxidation sites excluding steroid dienone is 4. The number of amides is 1. The van der Waals surface area contributed by atoms with E-state index in [-0.39, 0.29) is 6.42 Å². The van der Waals surface area contributed by atoms with Crippen LogP contribution in [0.1, 0.15) is 17.5 Å². The van der Waals surface area contributed by atoms with Crippen molar-refractivity contribution in [3.05, 3.63) is 53.3 Å². The molecular weight excluding hydrogens is 260 g/mol. The van der Waals surface area contributed by atoms with Gasteiger partial charge in [-0.1, -0.05) is 18.2 Å². The van der Waals surface area contributed by atoms with Crippen LogP contribution in [-0.4, -0.2) is 11.8 Å². The zero-order chi connectivity index (χ0) is 14.5. The van der Waals surface area contributed by atoms with Crippen molar-refractivity contribution in [2.45, 2.75) is 26.2 Å². The van der Waals surface area contributed by atoms with E-state index in [1.165, 1.54) is 4.90 Å². The van der Waals surface area contributed by atoms with Crippen molar-refractivity contribution in [2.24, 2.45) is 5.92 Å². The minimum atomic E-state index is -3.33. The fourth-order valence-electron chi connectivity index (χ4n) is 2.94. The van der Waals surface area contributed by atoms with Crippen molar-refractivity contribution in [3.8, 4) is 0 Å². The van der Waals surface area contributed by atoms with Gasteiger partial charge in [0.15, 0.2) is 0 Å². The first-order valence-electron chi connectivity index (χ1n) is 6.58. The lowest BCUT2D eigenvalue weighted by Gasteiger charge is -2.21. The van der Waals surface area contributed by atoms with Gasteiger partial charge in [0.25, 0.3) is 0 Å². The van der Waals surface area contributed by atoms with Gasteiger partial charge >= 0.3 is 11.8 Å². The number of nitrogens with zero attached hydrogens (tertiary/aromatic N) is 1. The second-order valence-electron chi connectivity index (χ2n) is 5.42. The number of hydrogen-bond donors (Lipinski definition) is 0. The number of carbonyl (C=O) groups is 1. The van der Waals surface area contributed by atoms with Crippen LogP contribution in [0.25, 0.3) is 0 Å². The fraction of sp³-hybridized carbons (Fsp3) is 0.312. The van der Waals surface area contributed by atoms with Crippen LogP contribution < -0.4 is 4.90 Å². The lowest BCUT2D eigenvalue weighted by Crippen LogP contribution is -2.34. The molecule has 1 saturated heterocycles. The average molecular weight is 275 g/mol. The van der Waals surface area contributed by atoms with Gasteiger partial charge in [0.1, 0.15) is 0 Å². The molecule has 1 aliphatic heterocycles. The molecule has 0 aromatic heterocycles. The Balaban J connectivity index is 2.14. The molecule has 0 bridgehead atoms. The van der Waals surface area contributed by atoms with Crippen LogP contribution in [0.5, 0.6) is 0 Å². The summed E-state index contributed by atoms with van der Waals surface area (Å²) in [5, 5.41) is 0. The highest BCUT2D eigenvalue weighted by molar-refractivity contribution is 6.05. The molecule has 1 aromatic rings. The number of hydrogen-bond acceptors (Lipinski definition) is 1. The van der Waals surface area contributed by atoms with Crippen LogP contribution in [0.4, 0.5) is 14.5 Å². The molecule has 0 spiro atoms. The van der Waals surface area contributed by atoms with Gasteiger partial charge in [-0.3, -0.25) is 9.69 Å². The van der Waals surface area contributed by atoms with Gasteiger partial charge in [-0.15, -0.1) is 0 Å². The number of aryl methyl sites for hydroxylation is 2. The van der Waals surface area contributed by atoms with E-state index in [1.54, 1.807) is 30.4 Å². The van der Waals surface area contributed by atoms with Crippen molar-refractivity contribution < 1.29 is 13.6 Å². The predicted molar refractivity (Wildman–Crippen MR) is 73.7 cm³/mol. The van der Waals surface area contributed by atoms with Crippen molar-refractivity contribution in [2.75, 3.05) is 4.90 Å². The molecule has 2 nitrogen and oxygen atoms in total. The maximum atomic E-state index is 14.1. The van der Waals surface area contributed by atoms with E-state index in [0.717, 1.165) is 11.1 Å². The van der Waals surface area contributed by atoms with Gasteiger partial charge in [-0.05, 0) is 49.6 Å². The van der Waals surface area contributed by atoms with Gasteiger partial charge in [0, 0.05) is 11.4 Å². The van der Waals surface area contributed by atoms with Gasteiger partial charge < -0.3 is 0 Å².